The average molecular weight is 435 g/mol. The van der Waals surface area contributed by atoms with Crippen LogP contribution in [-0.4, -0.2) is 57.2 Å². The number of thiazole rings is 1. The first-order valence-electron chi connectivity index (χ1n) is 9.29. The van der Waals surface area contributed by atoms with Gasteiger partial charge in [0.25, 0.3) is 5.91 Å². The van der Waals surface area contributed by atoms with Crippen LogP contribution in [0.1, 0.15) is 16.8 Å². The predicted molar refractivity (Wildman–Crippen MR) is 114 cm³/mol. The zero-order chi connectivity index (χ0) is 21.8. The zero-order valence-corrected chi connectivity index (χ0v) is 18.1. The number of hydrogen-bond acceptors (Lipinski definition) is 6. The minimum absolute atomic E-state index is 0.0527. The smallest absolute Gasteiger partial charge is 0.260 e. The third-order valence-electron chi connectivity index (χ3n) is 4.53. The molecule has 3 rings (SSSR count). The molecule has 0 unspecified atom stereocenters. The molecule has 0 aliphatic carbocycles. The molecule has 2 aromatic carbocycles. The lowest BCUT2D eigenvalue weighted by Crippen LogP contribution is -2.33. The number of carbonyl (C=O) groups is 1. The van der Waals surface area contributed by atoms with Gasteiger partial charge in [0.2, 0.25) is 0 Å². The molecule has 0 saturated heterocycles. The number of anilines is 1. The van der Waals surface area contributed by atoms with Crippen molar-refractivity contribution < 1.29 is 23.0 Å². The second-order valence-corrected chi connectivity index (χ2v) is 7.86. The van der Waals surface area contributed by atoms with Gasteiger partial charge in [0.1, 0.15) is 21.7 Å². The van der Waals surface area contributed by atoms with Crippen LogP contribution in [0.15, 0.2) is 30.3 Å². The van der Waals surface area contributed by atoms with Gasteiger partial charge in [0.15, 0.2) is 16.8 Å². The highest BCUT2D eigenvalue weighted by Gasteiger charge is 2.24. The Hall–Kier alpha value is -2.78. The monoisotopic (exact) mass is 435 g/mol. The first-order chi connectivity index (χ1) is 14.3. The highest BCUT2D eigenvalue weighted by atomic mass is 32.1. The standard InChI is InChI=1S/C21H23F2N3O3S/c1-25(2)10-5-11-26(20(27)13-6-7-14(22)15(23)12-13)21-24-18-16(28-3)8-9-17(29-4)19(18)30-21/h6-9,12H,5,10-11H2,1-4H3. The Morgan fingerprint density at radius 2 is 1.73 bits per heavy atom. The van der Waals surface area contributed by atoms with E-state index in [1.807, 2.05) is 19.0 Å². The molecule has 0 saturated carbocycles. The van der Waals surface area contributed by atoms with Gasteiger partial charge in [-0.1, -0.05) is 11.3 Å². The van der Waals surface area contributed by atoms with Gasteiger partial charge in [-0.25, -0.2) is 13.8 Å². The first kappa shape index (κ1) is 21.9. The number of hydrogen-bond donors (Lipinski definition) is 0. The number of carbonyl (C=O) groups excluding carboxylic acids is 1. The van der Waals surface area contributed by atoms with E-state index in [-0.39, 0.29) is 5.56 Å². The molecule has 3 aromatic rings. The van der Waals surface area contributed by atoms with E-state index >= 15 is 0 Å². The lowest BCUT2D eigenvalue weighted by molar-refractivity contribution is 0.0985. The number of amides is 1. The second-order valence-electron chi connectivity index (χ2n) is 6.89. The van der Waals surface area contributed by atoms with E-state index in [9.17, 15) is 13.6 Å². The Morgan fingerprint density at radius 3 is 2.37 bits per heavy atom. The Balaban J connectivity index is 2.05. The van der Waals surface area contributed by atoms with Crippen LogP contribution in [0.3, 0.4) is 0 Å². The van der Waals surface area contributed by atoms with Crippen molar-refractivity contribution in [3.63, 3.8) is 0 Å². The lowest BCUT2D eigenvalue weighted by Gasteiger charge is -2.21. The fraction of sp³-hybridized carbons (Fsp3) is 0.333. The summed E-state index contributed by atoms with van der Waals surface area (Å²) < 4.78 is 38.6. The summed E-state index contributed by atoms with van der Waals surface area (Å²) >= 11 is 1.28. The molecule has 1 amide bonds. The number of rotatable bonds is 8. The van der Waals surface area contributed by atoms with E-state index in [0.717, 1.165) is 23.4 Å². The van der Waals surface area contributed by atoms with E-state index in [4.69, 9.17) is 9.47 Å². The zero-order valence-electron chi connectivity index (χ0n) is 17.2. The van der Waals surface area contributed by atoms with Crippen molar-refractivity contribution >= 4 is 32.6 Å². The van der Waals surface area contributed by atoms with Crippen LogP contribution >= 0.6 is 11.3 Å². The average Bonchev–Trinajstić information content (AvgIpc) is 3.16. The van der Waals surface area contributed by atoms with Gasteiger partial charge >= 0.3 is 0 Å². The molecule has 0 atom stereocenters. The molecule has 1 heterocycles. The minimum Gasteiger partial charge on any atom is -0.495 e. The van der Waals surface area contributed by atoms with Gasteiger partial charge in [0.05, 0.1) is 14.2 Å². The van der Waals surface area contributed by atoms with Crippen molar-refractivity contribution in [3.8, 4) is 11.5 Å². The fourth-order valence-corrected chi connectivity index (χ4v) is 4.10. The molecule has 0 N–H and O–H groups in total. The van der Waals surface area contributed by atoms with Crippen LogP contribution in [-0.2, 0) is 0 Å². The topological polar surface area (TPSA) is 54.9 Å². The highest BCUT2D eigenvalue weighted by molar-refractivity contribution is 7.22. The molecule has 30 heavy (non-hydrogen) atoms. The maximum Gasteiger partial charge on any atom is 0.260 e. The first-order valence-corrected chi connectivity index (χ1v) is 10.1. The normalized spacial score (nSPS) is 11.2. The van der Waals surface area contributed by atoms with Crippen molar-refractivity contribution in [3.05, 3.63) is 47.5 Å². The summed E-state index contributed by atoms with van der Waals surface area (Å²) in [5.41, 5.74) is 0.629. The molecule has 0 aliphatic rings. The molecular formula is C21H23F2N3O3S. The largest absolute Gasteiger partial charge is 0.495 e. The quantitative estimate of drug-likeness (QED) is 0.531. The number of aromatic nitrogens is 1. The molecule has 0 fully saturated rings. The lowest BCUT2D eigenvalue weighted by atomic mass is 10.2. The van der Waals surface area contributed by atoms with E-state index in [0.29, 0.717) is 35.1 Å². The molecule has 0 radical (unpaired) electrons. The Labute approximate surface area is 177 Å². The number of fused-ring (bicyclic) bond motifs is 1. The number of methoxy groups -OCH3 is 2. The van der Waals surface area contributed by atoms with E-state index in [1.165, 1.54) is 22.3 Å². The van der Waals surface area contributed by atoms with Crippen molar-refractivity contribution in [2.45, 2.75) is 6.42 Å². The van der Waals surface area contributed by atoms with Crippen LogP contribution in [0.4, 0.5) is 13.9 Å². The van der Waals surface area contributed by atoms with E-state index in [2.05, 4.69) is 4.98 Å². The molecule has 6 nitrogen and oxygen atoms in total. The van der Waals surface area contributed by atoms with Gasteiger partial charge in [-0.15, -0.1) is 0 Å². The minimum atomic E-state index is -1.07. The summed E-state index contributed by atoms with van der Waals surface area (Å²) in [5, 5.41) is 0.432. The van der Waals surface area contributed by atoms with Gasteiger partial charge < -0.3 is 14.4 Å². The summed E-state index contributed by atoms with van der Waals surface area (Å²) in [6, 6.07) is 6.65. The number of halogens is 2. The SMILES string of the molecule is COc1ccc(OC)c2sc(N(CCCN(C)C)C(=O)c3ccc(F)c(F)c3)nc12. The molecular weight excluding hydrogens is 412 g/mol. The number of nitrogens with zero attached hydrogens (tertiary/aromatic N) is 3. The number of benzene rings is 2. The third-order valence-corrected chi connectivity index (χ3v) is 5.62. The molecule has 0 bridgehead atoms. The van der Waals surface area contributed by atoms with Crippen molar-refractivity contribution in [1.29, 1.82) is 0 Å². The van der Waals surface area contributed by atoms with Gasteiger partial charge in [-0.2, -0.15) is 0 Å². The molecule has 0 spiro atoms. The molecule has 160 valence electrons. The van der Waals surface area contributed by atoms with Gasteiger partial charge in [-0.05, 0) is 57.4 Å². The maximum atomic E-state index is 13.7. The Kier molecular flexibility index (Phi) is 6.84. The highest BCUT2D eigenvalue weighted by Crippen LogP contribution is 2.40. The summed E-state index contributed by atoms with van der Waals surface area (Å²) in [6.45, 7) is 1.11. The van der Waals surface area contributed by atoms with Crippen LogP contribution in [0.2, 0.25) is 0 Å². The Bertz CT molecular complexity index is 1010. The van der Waals surface area contributed by atoms with Crippen LogP contribution < -0.4 is 14.4 Å². The van der Waals surface area contributed by atoms with Crippen LogP contribution in [0.5, 0.6) is 11.5 Å². The summed E-state index contributed by atoms with van der Waals surface area (Å²) in [6.07, 6.45) is 0.673. The fourth-order valence-electron chi connectivity index (χ4n) is 3.00. The third kappa shape index (κ3) is 4.52. The van der Waals surface area contributed by atoms with Crippen LogP contribution in [0.25, 0.3) is 10.2 Å². The second kappa shape index (κ2) is 9.36. The number of ether oxygens (including phenoxy) is 2. The predicted octanol–water partition coefficient (Wildman–Crippen LogP) is 4.19. The molecule has 9 heteroatoms. The van der Waals surface area contributed by atoms with Crippen molar-refractivity contribution in [1.82, 2.24) is 9.88 Å². The maximum absolute atomic E-state index is 13.7. The van der Waals surface area contributed by atoms with E-state index in [1.54, 1.807) is 26.4 Å². The van der Waals surface area contributed by atoms with Crippen LogP contribution in [0, 0.1) is 11.6 Å². The Morgan fingerprint density at radius 1 is 1.03 bits per heavy atom. The summed E-state index contributed by atoms with van der Waals surface area (Å²) in [4.78, 5) is 21.3. The van der Waals surface area contributed by atoms with Crippen molar-refractivity contribution in [2.75, 3.05) is 46.3 Å². The molecule has 1 aromatic heterocycles. The summed E-state index contributed by atoms with van der Waals surface area (Å²) in [7, 11) is 6.98. The van der Waals surface area contributed by atoms with E-state index < -0.39 is 17.5 Å². The van der Waals surface area contributed by atoms with Gasteiger partial charge in [-0.3, -0.25) is 9.69 Å². The summed E-state index contributed by atoms with van der Waals surface area (Å²) in [5.74, 6) is -1.35. The van der Waals surface area contributed by atoms with Gasteiger partial charge in [0, 0.05) is 12.1 Å². The van der Waals surface area contributed by atoms with Crippen molar-refractivity contribution in [2.24, 2.45) is 0 Å². The molecule has 0 aliphatic heterocycles.